The van der Waals surface area contributed by atoms with Crippen molar-refractivity contribution in [1.29, 1.82) is 0 Å². The second-order valence-corrected chi connectivity index (χ2v) is 7.33. The summed E-state index contributed by atoms with van der Waals surface area (Å²) in [6.45, 7) is 5.71. The second kappa shape index (κ2) is 8.61. The average Bonchev–Trinajstić information content (AvgIpc) is 3.18. The quantitative estimate of drug-likeness (QED) is 0.827. The third kappa shape index (κ3) is 4.17. The number of halogens is 3. The predicted octanol–water partition coefficient (Wildman–Crippen LogP) is 3.58. The molecule has 1 aromatic heterocycles. The zero-order valence-electron chi connectivity index (χ0n) is 15.1. The lowest BCUT2D eigenvalue weighted by molar-refractivity contribution is -0.130. The number of nitrogens with zero attached hydrogens (tertiary/aromatic N) is 3. The smallest absolute Gasteiger partial charge is 0.227 e. The summed E-state index contributed by atoms with van der Waals surface area (Å²) in [6, 6.07) is 5.59. The standard InChI is InChI=1S/C18H22Cl2N4O.ClH/c1-11-15(9-18(25)23(3)14-6-7-21-10-14)12(2)24(22-11)17-5-4-13(19)8-16(17)20;/h4-5,8,14,21H,6-7,9-10H2,1-3H3;1H. The van der Waals surface area contributed by atoms with Crippen LogP contribution in [0.4, 0.5) is 0 Å². The van der Waals surface area contributed by atoms with Crippen LogP contribution in [-0.2, 0) is 11.2 Å². The third-order valence-corrected chi connectivity index (χ3v) is 5.42. The van der Waals surface area contributed by atoms with Crippen molar-refractivity contribution in [2.24, 2.45) is 0 Å². The molecule has 3 rings (SSSR count). The largest absolute Gasteiger partial charge is 0.341 e. The Hall–Kier alpha value is -1.27. The molecule has 2 aromatic rings. The summed E-state index contributed by atoms with van der Waals surface area (Å²) >= 11 is 12.3. The Morgan fingerprint density at radius 3 is 2.73 bits per heavy atom. The van der Waals surface area contributed by atoms with Gasteiger partial charge in [-0.1, -0.05) is 23.2 Å². The number of carbonyl (C=O) groups excluding carboxylic acids is 1. The number of rotatable bonds is 4. The molecular formula is C18H23Cl3N4O. The summed E-state index contributed by atoms with van der Waals surface area (Å²) in [4.78, 5) is 14.5. The molecule has 1 saturated heterocycles. The van der Waals surface area contributed by atoms with E-state index in [1.54, 1.807) is 16.8 Å². The van der Waals surface area contributed by atoms with Gasteiger partial charge in [0, 0.05) is 35.9 Å². The fraction of sp³-hybridized carbons (Fsp3) is 0.444. The first-order valence-corrected chi connectivity index (χ1v) is 9.11. The molecule has 26 heavy (non-hydrogen) atoms. The maximum absolute atomic E-state index is 12.7. The number of aromatic nitrogens is 2. The van der Waals surface area contributed by atoms with Crippen molar-refractivity contribution in [3.8, 4) is 5.69 Å². The minimum absolute atomic E-state index is 0. The molecule has 1 fully saturated rings. The van der Waals surface area contributed by atoms with Crippen LogP contribution in [0.2, 0.25) is 10.0 Å². The molecule has 1 unspecified atom stereocenters. The fourth-order valence-corrected chi connectivity index (χ4v) is 3.76. The molecule has 1 amide bonds. The molecular weight excluding hydrogens is 395 g/mol. The Labute approximate surface area is 170 Å². The van der Waals surface area contributed by atoms with E-state index in [1.807, 2.05) is 31.9 Å². The van der Waals surface area contributed by atoms with Gasteiger partial charge in [-0.25, -0.2) is 4.68 Å². The van der Waals surface area contributed by atoms with Crippen molar-refractivity contribution in [3.05, 3.63) is 45.2 Å². The molecule has 1 atom stereocenters. The molecule has 1 aliphatic heterocycles. The Morgan fingerprint density at radius 2 is 2.12 bits per heavy atom. The van der Waals surface area contributed by atoms with Crippen molar-refractivity contribution in [2.75, 3.05) is 20.1 Å². The first kappa shape index (κ1) is 21.0. The molecule has 5 nitrogen and oxygen atoms in total. The third-order valence-electron chi connectivity index (χ3n) is 4.88. The van der Waals surface area contributed by atoms with E-state index in [-0.39, 0.29) is 24.4 Å². The molecule has 0 bridgehead atoms. The first-order chi connectivity index (χ1) is 11.9. The maximum atomic E-state index is 12.7. The van der Waals surface area contributed by atoms with Crippen molar-refractivity contribution in [1.82, 2.24) is 20.0 Å². The van der Waals surface area contributed by atoms with Gasteiger partial charge in [0.2, 0.25) is 5.91 Å². The van der Waals surface area contributed by atoms with Gasteiger partial charge in [0.1, 0.15) is 0 Å². The highest BCUT2D eigenvalue weighted by Gasteiger charge is 2.25. The van der Waals surface area contributed by atoms with Crippen molar-refractivity contribution in [3.63, 3.8) is 0 Å². The summed E-state index contributed by atoms with van der Waals surface area (Å²) < 4.78 is 1.79. The lowest BCUT2D eigenvalue weighted by atomic mass is 10.1. The minimum atomic E-state index is 0. The molecule has 0 spiro atoms. The van der Waals surface area contributed by atoms with Crippen LogP contribution in [0.1, 0.15) is 23.4 Å². The Bertz CT molecular complexity index is 800. The molecule has 0 aliphatic carbocycles. The van der Waals surface area contributed by atoms with Gasteiger partial charge in [0.15, 0.2) is 0 Å². The monoisotopic (exact) mass is 416 g/mol. The molecule has 142 valence electrons. The maximum Gasteiger partial charge on any atom is 0.227 e. The Kier molecular flexibility index (Phi) is 6.97. The van der Waals surface area contributed by atoms with E-state index in [4.69, 9.17) is 23.2 Å². The van der Waals surface area contributed by atoms with Crippen LogP contribution in [0.5, 0.6) is 0 Å². The molecule has 0 radical (unpaired) electrons. The number of likely N-dealkylation sites (N-methyl/N-ethyl adjacent to an activating group) is 1. The molecule has 2 heterocycles. The lowest BCUT2D eigenvalue weighted by Gasteiger charge is -2.23. The second-order valence-electron chi connectivity index (χ2n) is 6.48. The number of aryl methyl sites for hydroxylation is 1. The summed E-state index contributed by atoms with van der Waals surface area (Å²) in [5, 5.41) is 9.00. The first-order valence-electron chi connectivity index (χ1n) is 8.35. The van der Waals surface area contributed by atoms with Gasteiger partial charge in [0.25, 0.3) is 0 Å². The summed E-state index contributed by atoms with van der Waals surface area (Å²) in [5.74, 6) is 0.113. The number of nitrogens with one attached hydrogen (secondary N) is 1. The van der Waals surface area contributed by atoms with E-state index in [0.29, 0.717) is 16.5 Å². The number of carbonyl (C=O) groups is 1. The molecule has 1 aliphatic rings. The normalized spacial score (nSPS) is 16.4. The topological polar surface area (TPSA) is 50.2 Å². The van der Waals surface area contributed by atoms with Crippen molar-refractivity contribution in [2.45, 2.75) is 32.7 Å². The fourth-order valence-electron chi connectivity index (χ4n) is 3.27. The van der Waals surface area contributed by atoms with Crippen LogP contribution in [-0.4, -0.2) is 46.8 Å². The Balaban J connectivity index is 0.00000243. The van der Waals surface area contributed by atoms with Gasteiger partial charge in [-0.05, 0) is 45.0 Å². The zero-order chi connectivity index (χ0) is 18.1. The van der Waals surface area contributed by atoms with Crippen LogP contribution in [0.15, 0.2) is 18.2 Å². The van der Waals surface area contributed by atoms with Crippen LogP contribution >= 0.6 is 35.6 Å². The van der Waals surface area contributed by atoms with E-state index >= 15 is 0 Å². The molecule has 8 heteroatoms. The van der Waals surface area contributed by atoms with Crippen LogP contribution < -0.4 is 5.32 Å². The highest BCUT2D eigenvalue weighted by Crippen LogP contribution is 2.27. The van der Waals surface area contributed by atoms with E-state index in [2.05, 4.69) is 10.4 Å². The van der Waals surface area contributed by atoms with Crippen LogP contribution in [0.3, 0.4) is 0 Å². The van der Waals surface area contributed by atoms with E-state index < -0.39 is 0 Å². The Morgan fingerprint density at radius 1 is 1.38 bits per heavy atom. The van der Waals surface area contributed by atoms with Crippen LogP contribution in [0, 0.1) is 13.8 Å². The summed E-state index contributed by atoms with van der Waals surface area (Å²) in [6.07, 6.45) is 1.34. The van der Waals surface area contributed by atoms with E-state index in [0.717, 1.165) is 42.1 Å². The summed E-state index contributed by atoms with van der Waals surface area (Å²) in [5.41, 5.74) is 3.48. The van der Waals surface area contributed by atoms with Gasteiger partial charge < -0.3 is 10.2 Å². The van der Waals surface area contributed by atoms with Crippen LogP contribution in [0.25, 0.3) is 5.69 Å². The van der Waals surface area contributed by atoms with Gasteiger partial charge >= 0.3 is 0 Å². The van der Waals surface area contributed by atoms with Crippen molar-refractivity contribution < 1.29 is 4.79 Å². The molecule has 0 saturated carbocycles. The van der Waals surface area contributed by atoms with Gasteiger partial charge in [-0.15, -0.1) is 12.4 Å². The SMILES string of the molecule is Cc1nn(-c2ccc(Cl)cc2Cl)c(C)c1CC(=O)N(C)C1CCNC1.Cl. The van der Waals surface area contributed by atoms with Gasteiger partial charge in [-0.3, -0.25) is 4.79 Å². The van der Waals surface area contributed by atoms with E-state index in [1.165, 1.54) is 0 Å². The predicted molar refractivity (Wildman–Crippen MR) is 108 cm³/mol. The van der Waals surface area contributed by atoms with Gasteiger partial charge in [0.05, 0.1) is 22.8 Å². The zero-order valence-corrected chi connectivity index (χ0v) is 17.4. The highest BCUT2D eigenvalue weighted by atomic mass is 35.5. The van der Waals surface area contributed by atoms with Crippen molar-refractivity contribution >= 4 is 41.5 Å². The number of amides is 1. The highest BCUT2D eigenvalue weighted by molar-refractivity contribution is 6.35. The number of benzene rings is 1. The molecule has 1 aromatic carbocycles. The molecule has 1 N–H and O–H groups in total. The minimum Gasteiger partial charge on any atom is -0.341 e. The van der Waals surface area contributed by atoms with Gasteiger partial charge in [-0.2, -0.15) is 5.10 Å². The number of hydrogen-bond donors (Lipinski definition) is 1. The average molecular weight is 418 g/mol. The number of hydrogen-bond acceptors (Lipinski definition) is 3. The lowest BCUT2D eigenvalue weighted by Crippen LogP contribution is -2.39. The summed E-state index contributed by atoms with van der Waals surface area (Å²) in [7, 11) is 1.88. The van der Waals surface area contributed by atoms with E-state index in [9.17, 15) is 4.79 Å².